The summed E-state index contributed by atoms with van der Waals surface area (Å²) in [4.78, 5) is 10.5. The Kier molecular flexibility index (Phi) is 2.86. The van der Waals surface area contributed by atoms with Crippen molar-refractivity contribution in [2.45, 2.75) is 13.3 Å². The third-order valence-electron chi connectivity index (χ3n) is 1.68. The first-order chi connectivity index (χ1) is 5.70. The molecule has 0 atom stereocenters. The van der Waals surface area contributed by atoms with Crippen molar-refractivity contribution < 1.29 is 9.53 Å². The Morgan fingerprint density at radius 2 is 2.50 bits per heavy atom. The van der Waals surface area contributed by atoms with E-state index in [1.807, 2.05) is 18.2 Å². The minimum atomic E-state index is -0.252. The molecular formula is C10H12O2. The highest BCUT2D eigenvalue weighted by molar-refractivity contribution is 5.66. The molecule has 1 rings (SSSR count). The van der Waals surface area contributed by atoms with E-state index in [1.165, 1.54) is 6.92 Å². The lowest BCUT2D eigenvalue weighted by Crippen LogP contribution is -2.05. The molecule has 0 bridgehead atoms. The molecule has 1 aliphatic carbocycles. The van der Waals surface area contributed by atoms with E-state index >= 15 is 0 Å². The van der Waals surface area contributed by atoms with Gasteiger partial charge in [-0.3, -0.25) is 4.79 Å². The van der Waals surface area contributed by atoms with E-state index in [9.17, 15) is 4.79 Å². The van der Waals surface area contributed by atoms with Gasteiger partial charge in [0.15, 0.2) is 0 Å². The topological polar surface area (TPSA) is 26.3 Å². The first kappa shape index (κ1) is 8.78. The molecule has 12 heavy (non-hydrogen) atoms. The maximum atomic E-state index is 10.5. The minimum absolute atomic E-state index is 0.252. The molecule has 0 fully saturated rings. The molecule has 0 saturated carbocycles. The van der Waals surface area contributed by atoms with Crippen LogP contribution in [-0.4, -0.2) is 12.6 Å². The molecule has 0 unspecified atom stereocenters. The molecule has 2 heteroatoms. The van der Waals surface area contributed by atoms with Crippen LogP contribution in [0.1, 0.15) is 13.3 Å². The molecule has 0 radical (unpaired) electrons. The first-order valence-corrected chi connectivity index (χ1v) is 3.87. The fraction of sp³-hybridized carbons (Fsp3) is 0.300. The van der Waals surface area contributed by atoms with Crippen LogP contribution in [0.4, 0.5) is 0 Å². The summed E-state index contributed by atoms with van der Waals surface area (Å²) >= 11 is 0. The normalized spacial score (nSPS) is 15.8. The van der Waals surface area contributed by atoms with Crippen LogP contribution in [0.3, 0.4) is 0 Å². The van der Waals surface area contributed by atoms with Crippen LogP contribution >= 0.6 is 0 Å². The van der Waals surface area contributed by atoms with Crippen molar-refractivity contribution >= 4 is 5.97 Å². The van der Waals surface area contributed by atoms with Crippen LogP contribution in [0.2, 0.25) is 0 Å². The van der Waals surface area contributed by atoms with Crippen molar-refractivity contribution in [2.24, 2.45) is 0 Å². The van der Waals surface area contributed by atoms with Gasteiger partial charge in [0, 0.05) is 6.92 Å². The number of ether oxygens (including phenoxy) is 1. The number of carbonyl (C=O) groups is 1. The smallest absolute Gasteiger partial charge is 0.302 e. The maximum Gasteiger partial charge on any atom is 0.302 e. The molecule has 0 amide bonds. The number of hydrogen-bond donors (Lipinski definition) is 0. The Morgan fingerprint density at radius 1 is 1.75 bits per heavy atom. The Bertz CT molecular complexity index is 259. The van der Waals surface area contributed by atoms with E-state index in [0.717, 1.165) is 17.6 Å². The summed E-state index contributed by atoms with van der Waals surface area (Å²) in [6.07, 6.45) is 6.76. The van der Waals surface area contributed by atoms with E-state index in [4.69, 9.17) is 4.74 Å². The molecule has 0 aromatic carbocycles. The molecule has 0 aliphatic heterocycles. The van der Waals surface area contributed by atoms with Crippen molar-refractivity contribution in [3.63, 3.8) is 0 Å². The lowest BCUT2D eigenvalue weighted by molar-refractivity contribution is -0.139. The molecular weight excluding hydrogens is 152 g/mol. The number of carbonyl (C=O) groups excluding carboxylic acids is 1. The van der Waals surface area contributed by atoms with E-state index in [0.29, 0.717) is 6.61 Å². The average molecular weight is 164 g/mol. The lowest BCUT2D eigenvalue weighted by Gasteiger charge is -2.11. The van der Waals surface area contributed by atoms with Gasteiger partial charge in [-0.2, -0.15) is 0 Å². The molecule has 0 aromatic heterocycles. The maximum absolute atomic E-state index is 10.5. The Balaban J connectivity index is 2.50. The fourth-order valence-electron chi connectivity index (χ4n) is 0.973. The van der Waals surface area contributed by atoms with Crippen molar-refractivity contribution in [2.75, 3.05) is 6.61 Å². The van der Waals surface area contributed by atoms with Crippen LogP contribution in [0.5, 0.6) is 0 Å². The lowest BCUT2D eigenvalue weighted by atomic mass is 10.0. The van der Waals surface area contributed by atoms with Gasteiger partial charge in [0.2, 0.25) is 0 Å². The average Bonchev–Trinajstić information content (AvgIpc) is 2.03. The quantitative estimate of drug-likeness (QED) is 0.583. The number of hydrogen-bond acceptors (Lipinski definition) is 2. The van der Waals surface area contributed by atoms with Crippen molar-refractivity contribution in [3.8, 4) is 0 Å². The summed E-state index contributed by atoms with van der Waals surface area (Å²) in [5.41, 5.74) is 2.03. The van der Waals surface area contributed by atoms with E-state index in [-0.39, 0.29) is 5.97 Å². The van der Waals surface area contributed by atoms with Crippen molar-refractivity contribution in [1.29, 1.82) is 0 Å². The first-order valence-electron chi connectivity index (χ1n) is 3.87. The Morgan fingerprint density at radius 3 is 3.08 bits per heavy atom. The van der Waals surface area contributed by atoms with Gasteiger partial charge in [0.05, 0.1) is 0 Å². The summed E-state index contributed by atoms with van der Waals surface area (Å²) in [6, 6.07) is 0. The predicted octanol–water partition coefficient (Wildman–Crippen LogP) is 1.99. The summed E-state index contributed by atoms with van der Waals surface area (Å²) < 4.78 is 4.85. The SMILES string of the molecule is C=C1CC=CC=C1COC(C)=O. The fourth-order valence-corrected chi connectivity index (χ4v) is 0.973. The monoisotopic (exact) mass is 164 g/mol. The second-order valence-corrected chi connectivity index (χ2v) is 2.71. The van der Waals surface area contributed by atoms with Crippen molar-refractivity contribution in [1.82, 2.24) is 0 Å². The molecule has 2 nitrogen and oxygen atoms in total. The largest absolute Gasteiger partial charge is 0.461 e. The second kappa shape index (κ2) is 3.90. The zero-order chi connectivity index (χ0) is 8.97. The van der Waals surface area contributed by atoms with Gasteiger partial charge in [0.1, 0.15) is 6.61 Å². The summed E-state index contributed by atoms with van der Waals surface area (Å²) in [6.45, 7) is 5.61. The van der Waals surface area contributed by atoms with E-state index in [2.05, 4.69) is 6.58 Å². The van der Waals surface area contributed by atoms with Gasteiger partial charge in [-0.1, -0.05) is 24.8 Å². The van der Waals surface area contributed by atoms with Crippen LogP contribution in [0.15, 0.2) is 36.0 Å². The van der Waals surface area contributed by atoms with Crippen LogP contribution in [0, 0.1) is 0 Å². The summed E-state index contributed by atoms with van der Waals surface area (Å²) in [5.74, 6) is -0.252. The number of allylic oxidation sites excluding steroid dienone is 3. The van der Waals surface area contributed by atoms with Gasteiger partial charge >= 0.3 is 5.97 Å². The molecule has 0 aromatic rings. The minimum Gasteiger partial charge on any atom is -0.461 e. The highest BCUT2D eigenvalue weighted by atomic mass is 16.5. The molecule has 64 valence electrons. The van der Waals surface area contributed by atoms with E-state index in [1.54, 1.807) is 0 Å². The summed E-state index contributed by atoms with van der Waals surface area (Å²) in [5, 5.41) is 0. The zero-order valence-electron chi connectivity index (χ0n) is 7.17. The number of esters is 1. The van der Waals surface area contributed by atoms with Crippen molar-refractivity contribution in [3.05, 3.63) is 36.0 Å². The molecule has 0 spiro atoms. The summed E-state index contributed by atoms with van der Waals surface area (Å²) in [7, 11) is 0. The predicted molar refractivity (Wildman–Crippen MR) is 47.6 cm³/mol. The second-order valence-electron chi connectivity index (χ2n) is 2.71. The third kappa shape index (κ3) is 2.38. The molecule has 0 heterocycles. The zero-order valence-corrected chi connectivity index (χ0v) is 7.17. The molecule has 1 aliphatic rings. The highest BCUT2D eigenvalue weighted by Gasteiger charge is 2.05. The van der Waals surface area contributed by atoms with Gasteiger partial charge < -0.3 is 4.74 Å². The Hall–Kier alpha value is -1.31. The molecule has 0 N–H and O–H groups in total. The standard InChI is InChI=1S/C10H12O2/c1-8-5-3-4-6-10(8)7-12-9(2)11/h3-4,6H,1,5,7H2,2H3. The van der Waals surface area contributed by atoms with Crippen LogP contribution in [0.25, 0.3) is 0 Å². The molecule has 0 saturated heterocycles. The van der Waals surface area contributed by atoms with Crippen LogP contribution in [-0.2, 0) is 9.53 Å². The third-order valence-corrected chi connectivity index (χ3v) is 1.68. The van der Waals surface area contributed by atoms with Crippen LogP contribution < -0.4 is 0 Å². The number of rotatable bonds is 2. The van der Waals surface area contributed by atoms with Gasteiger partial charge in [-0.15, -0.1) is 0 Å². The van der Waals surface area contributed by atoms with Gasteiger partial charge in [0.25, 0.3) is 0 Å². The van der Waals surface area contributed by atoms with Gasteiger partial charge in [-0.05, 0) is 17.6 Å². The van der Waals surface area contributed by atoms with Gasteiger partial charge in [-0.25, -0.2) is 0 Å². The van der Waals surface area contributed by atoms with E-state index < -0.39 is 0 Å². The Labute approximate surface area is 72.2 Å². The highest BCUT2D eigenvalue weighted by Crippen LogP contribution is 2.17.